The number of fused-ring (bicyclic) bond motifs is 1. The maximum atomic E-state index is 5.43. The quantitative estimate of drug-likeness (QED) is 0.528. The first-order valence-corrected chi connectivity index (χ1v) is 4.99. The molecule has 0 aromatic carbocycles. The number of hydrogen-bond acceptors (Lipinski definition) is 1. The van der Waals surface area contributed by atoms with Crippen molar-refractivity contribution in [3.05, 3.63) is 17.2 Å². The second kappa shape index (κ2) is 4.90. The SMILES string of the molecule is CC.C[N+]1=COC2CCCC=C2[N-]1. The van der Waals surface area contributed by atoms with Crippen LogP contribution in [0.4, 0.5) is 0 Å². The minimum atomic E-state index is 0.236. The standard InChI is InChI=1S/C8H12N2O.C2H6/c1-10-6-11-8-5-3-2-4-7(8)9-10;1-2/h4,6,8H,2-3,5H2,1H3;1-2H3. The molecule has 1 aliphatic heterocycles. The van der Waals surface area contributed by atoms with E-state index in [-0.39, 0.29) is 6.10 Å². The summed E-state index contributed by atoms with van der Waals surface area (Å²) in [5.41, 5.74) is 5.42. The van der Waals surface area contributed by atoms with Gasteiger partial charge in [0.25, 0.3) is 0 Å². The molecule has 0 radical (unpaired) electrons. The smallest absolute Gasteiger partial charge is 0.319 e. The second-order valence-electron chi connectivity index (χ2n) is 2.96. The van der Waals surface area contributed by atoms with Crippen LogP contribution in [-0.2, 0) is 4.74 Å². The van der Waals surface area contributed by atoms with Gasteiger partial charge in [0, 0.05) is 0 Å². The van der Waals surface area contributed by atoms with Crippen LogP contribution in [0.5, 0.6) is 0 Å². The molecule has 3 nitrogen and oxygen atoms in total. The van der Waals surface area contributed by atoms with E-state index < -0.39 is 0 Å². The summed E-state index contributed by atoms with van der Waals surface area (Å²) in [5, 5.41) is 0. The highest BCUT2D eigenvalue weighted by molar-refractivity contribution is 5.44. The highest BCUT2D eigenvalue weighted by Gasteiger charge is 2.17. The van der Waals surface area contributed by atoms with E-state index in [1.54, 1.807) is 11.1 Å². The Morgan fingerprint density at radius 1 is 1.54 bits per heavy atom. The summed E-state index contributed by atoms with van der Waals surface area (Å²) in [6.07, 6.45) is 7.55. The van der Waals surface area contributed by atoms with E-state index in [0.717, 1.165) is 18.5 Å². The molecule has 0 amide bonds. The van der Waals surface area contributed by atoms with Gasteiger partial charge in [-0.05, 0) is 19.3 Å². The first kappa shape index (κ1) is 10.1. The Morgan fingerprint density at radius 3 is 3.08 bits per heavy atom. The van der Waals surface area contributed by atoms with Gasteiger partial charge in [0.2, 0.25) is 0 Å². The van der Waals surface area contributed by atoms with Crippen molar-refractivity contribution in [2.45, 2.75) is 39.2 Å². The molecule has 0 bridgehead atoms. The normalized spacial score (nSPS) is 25.0. The molecular weight excluding hydrogens is 164 g/mol. The minimum absolute atomic E-state index is 0.236. The number of hydrogen-bond donors (Lipinski definition) is 0. The molecule has 0 saturated carbocycles. The van der Waals surface area contributed by atoms with Crippen molar-refractivity contribution < 1.29 is 9.42 Å². The Kier molecular flexibility index (Phi) is 3.80. The van der Waals surface area contributed by atoms with Crippen molar-refractivity contribution in [1.29, 1.82) is 0 Å². The van der Waals surface area contributed by atoms with Gasteiger partial charge in [-0.15, -0.1) is 0 Å². The lowest BCUT2D eigenvalue weighted by molar-refractivity contribution is -0.453. The molecule has 0 aromatic rings. The van der Waals surface area contributed by atoms with E-state index >= 15 is 0 Å². The molecule has 0 N–H and O–H groups in total. The van der Waals surface area contributed by atoms with Gasteiger partial charge in [0.1, 0.15) is 13.2 Å². The van der Waals surface area contributed by atoms with Gasteiger partial charge in [-0.2, -0.15) is 0 Å². The van der Waals surface area contributed by atoms with Crippen LogP contribution in [0.3, 0.4) is 0 Å². The van der Waals surface area contributed by atoms with Crippen LogP contribution in [0, 0.1) is 0 Å². The van der Waals surface area contributed by atoms with Crippen molar-refractivity contribution in [2.75, 3.05) is 7.05 Å². The summed E-state index contributed by atoms with van der Waals surface area (Å²) in [6.45, 7) is 4.00. The molecule has 0 aromatic heterocycles. The molecule has 3 heteroatoms. The van der Waals surface area contributed by atoms with Gasteiger partial charge in [-0.1, -0.05) is 25.6 Å². The largest absolute Gasteiger partial charge is 0.444 e. The highest BCUT2D eigenvalue weighted by atomic mass is 16.5. The zero-order valence-corrected chi connectivity index (χ0v) is 8.66. The number of allylic oxidation sites excluding steroid dienone is 1. The van der Waals surface area contributed by atoms with E-state index in [0.29, 0.717) is 0 Å². The average Bonchev–Trinajstić information content (AvgIpc) is 2.21. The van der Waals surface area contributed by atoms with Crippen LogP contribution in [0.2, 0.25) is 0 Å². The summed E-state index contributed by atoms with van der Waals surface area (Å²) in [4.78, 5) is 0. The lowest BCUT2D eigenvalue weighted by Crippen LogP contribution is -2.26. The van der Waals surface area contributed by atoms with E-state index in [9.17, 15) is 0 Å². The zero-order valence-electron chi connectivity index (χ0n) is 8.66. The van der Waals surface area contributed by atoms with Crippen LogP contribution >= 0.6 is 0 Å². The maximum absolute atomic E-state index is 5.43. The van der Waals surface area contributed by atoms with E-state index in [2.05, 4.69) is 11.5 Å². The van der Waals surface area contributed by atoms with E-state index in [1.165, 1.54) is 6.42 Å². The van der Waals surface area contributed by atoms with Crippen LogP contribution in [-0.4, -0.2) is 24.2 Å². The Balaban J connectivity index is 0.000000396. The van der Waals surface area contributed by atoms with Gasteiger partial charge >= 0.3 is 6.40 Å². The molecule has 74 valence electrons. The van der Waals surface area contributed by atoms with Crippen LogP contribution in [0.25, 0.3) is 5.43 Å². The van der Waals surface area contributed by atoms with Crippen LogP contribution in [0.15, 0.2) is 11.8 Å². The summed E-state index contributed by atoms with van der Waals surface area (Å²) >= 11 is 0. The third kappa shape index (κ3) is 2.47. The van der Waals surface area contributed by atoms with Crippen molar-refractivity contribution in [2.24, 2.45) is 0 Å². The van der Waals surface area contributed by atoms with Gasteiger partial charge in [-0.25, -0.2) is 4.68 Å². The van der Waals surface area contributed by atoms with Crippen molar-refractivity contribution >= 4 is 6.40 Å². The lowest BCUT2D eigenvalue weighted by Gasteiger charge is -2.33. The fourth-order valence-electron chi connectivity index (χ4n) is 1.44. The molecule has 13 heavy (non-hydrogen) atoms. The Morgan fingerprint density at radius 2 is 2.31 bits per heavy atom. The highest BCUT2D eigenvalue weighted by Crippen LogP contribution is 2.26. The summed E-state index contributed by atoms with van der Waals surface area (Å²) in [6, 6.07) is 0. The molecule has 0 saturated heterocycles. The molecule has 0 spiro atoms. The molecule has 2 rings (SSSR count). The molecule has 1 heterocycles. The first-order valence-electron chi connectivity index (χ1n) is 4.99. The monoisotopic (exact) mass is 182 g/mol. The van der Waals surface area contributed by atoms with Gasteiger partial charge in [0.05, 0.1) is 0 Å². The lowest BCUT2D eigenvalue weighted by atomic mass is 10.0. The van der Waals surface area contributed by atoms with Crippen molar-refractivity contribution in [1.82, 2.24) is 0 Å². The number of rotatable bonds is 0. The first-order chi connectivity index (χ1) is 6.36. The molecule has 2 aliphatic rings. The van der Waals surface area contributed by atoms with Crippen molar-refractivity contribution in [3.63, 3.8) is 0 Å². The maximum Gasteiger partial charge on any atom is 0.319 e. The topological polar surface area (TPSA) is 26.3 Å². The predicted octanol–water partition coefficient (Wildman–Crippen LogP) is 2.44. The predicted molar refractivity (Wildman–Crippen MR) is 53.8 cm³/mol. The molecule has 0 fully saturated rings. The fourth-order valence-corrected chi connectivity index (χ4v) is 1.44. The zero-order chi connectivity index (χ0) is 9.68. The average molecular weight is 182 g/mol. The van der Waals surface area contributed by atoms with E-state index in [1.807, 2.05) is 20.9 Å². The Hall–Kier alpha value is -0.990. The van der Waals surface area contributed by atoms with Crippen molar-refractivity contribution in [3.8, 4) is 0 Å². The third-order valence-electron chi connectivity index (χ3n) is 2.00. The fraction of sp³-hybridized carbons (Fsp3) is 0.700. The third-order valence-corrected chi connectivity index (χ3v) is 2.00. The summed E-state index contributed by atoms with van der Waals surface area (Å²) in [5.74, 6) is 0. The van der Waals surface area contributed by atoms with Gasteiger partial charge < -0.3 is 10.2 Å². The number of ether oxygens (including phenoxy) is 1. The molecular formula is C10H18N2O. The van der Waals surface area contributed by atoms with Gasteiger partial charge in [0.15, 0.2) is 0 Å². The second-order valence-corrected chi connectivity index (χ2v) is 2.96. The van der Waals surface area contributed by atoms with Crippen LogP contribution < -0.4 is 0 Å². The summed E-state index contributed by atoms with van der Waals surface area (Å²) in [7, 11) is 1.88. The Bertz CT molecular complexity index is 221. The molecule has 1 atom stereocenters. The summed E-state index contributed by atoms with van der Waals surface area (Å²) < 4.78 is 7.15. The molecule has 1 aliphatic carbocycles. The minimum Gasteiger partial charge on any atom is -0.444 e. The molecule has 1 unspecified atom stereocenters. The van der Waals surface area contributed by atoms with Crippen LogP contribution in [0.1, 0.15) is 33.1 Å². The van der Waals surface area contributed by atoms with E-state index in [4.69, 9.17) is 4.74 Å². The Labute approximate surface area is 80.1 Å². The number of nitrogens with zero attached hydrogens (tertiary/aromatic N) is 2. The van der Waals surface area contributed by atoms with Gasteiger partial charge in [-0.3, -0.25) is 0 Å².